The number of aryl methyl sites for hydroxylation is 2. The van der Waals surface area contributed by atoms with Crippen molar-refractivity contribution in [2.75, 3.05) is 6.54 Å². The highest BCUT2D eigenvalue weighted by atomic mass is 16.5. The zero-order valence-electron chi connectivity index (χ0n) is 14.5. The molecule has 1 amide bonds. The molecule has 0 fully saturated rings. The Morgan fingerprint density at radius 3 is 2.50 bits per heavy atom. The van der Waals surface area contributed by atoms with E-state index in [2.05, 4.69) is 37.4 Å². The summed E-state index contributed by atoms with van der Waals surface area (Å²) < 4.78 is 5.64. The number of rotatable bonds is 7. The Morgan fingerprint density at radius 1 is 1.12 bits per heavy atom. The van der Waals surface area contributed by atoms with Crippen LogP contribution in [0, 0.1) is 13.8 Å². The van der Waals surface area contributed by atoms with Gasteiger partial charge in [0.25, 0.3) is 5.91 Å². The average molecular weight is 327 g/mol. The molecule has 0 spiro atoms. The van der Waals surface area contributed by atoms with Crippen LogP contribution in [0.25, 0.3) is 0 Å². The SMILES string of the molecule is Cc1cc(C)cc(CCNC(=O)C(C)Oc2cccc(CO)c2)c1. The van der Waals surface area contributed by atoms with Crippen LogP contribution in [0.1, 0.15) is 29.2 Å². The van der Waals surface area contributed by atoms with Crippen LogP contribution in [0.4, 0.5) is 0 Å². The number of hydrogen-bond donors (Lipinski definition) is 2. The molecule has 1 unspecified atom stereocenters. The van der Waals surface area contributed by atoms with Gasteiger partial charge in [0.15, 0.2) is 6.10 Å². The third-order valence-corrected chi connectivity index (χ3v) is 3.76. The number of hydrogen-bond acceptors (Lipinski definition) is 3. The van der Waals surface area contributed by atoms with Crippen molar-refractivity contribution in [3.05, 3.63) is 64.7 Å². The predicted octanol–water partition coefficient (Wildman–Crippen LogP) is 2.92. The van der Waals surface area contributed by atoms with Crippen LogP contribution in [-0.4, -0.2) is 23.7 Å². The molecule has 0 radical (unpaired) electrons. The van der Waals surface area contributed by atoms with Crippen LogP contribution < -0.4 is 10.1 Å². The maximum Gasteiger partial charge on any atom is 0.260 e. The van der Waals surface area contributed by atoms with E-state index in [-0.39, 0.29) is 12.5 Å². The zero-order chi connectivity index (χ0) is 17.5. The molecular formula is C20H25NO3. The molecule has 0 aromatic heterocycles. The van der Waals surface area contributed by atoms with Gasteiger partial charge in [-0.3, -0.25) is 4.79 Å². The van der Waals surface area contributed by atoms with Crippen LogP contribution in [0.5, 0.6) is 5.75 Å². The van der Waals surface area contributed by atoms with Gasteiger partial charge < -0.3 is 15.2 Å². The summed E-state index contributed by atoms with van der Waals surface area (Å²) in [5.41, 5.74) is 4.44. The summed E-state index contributed by atoms with van der Waals surface area (Å²) in [6.07, 6.45) is 0.208. The summed E-state index contributed by atoms with van der Waals surface area (Å²) >= 11 is 0. The first kappa shape index (κ1) is 18.0. The molecule has 0 saturated carbocycles. The van der Waals surface area contributed by atoms with Gasteiger partial charge in [0.2, 0.25) is 0 Å². The minimum absolute atomic E-state index is 0.0479. The fraction of sp³-hybridized carbons (Fsp3) is 0.350. The number of aliphatic hydroxyl groups is 1. The molecule has 0 heterocycles. The first-order valence-electron chi connectivity index (χ1n) is 8.19. The lowest BCUT2D eigenvalue weighted by molar-refractivity contribution is -0.127. The molecule has 2 N–H and O–H groups in total. The van der Waals surface area contributed by atoms with Crippen LogP contribution in [0.15, 0.2) is 42.5 Å². The Morgan fingerprint density at radius 2 is 1.83 bits per heavy atom. The Labute approximate surface area is 143 Å². The average Bonchev–Trinajstić information content (AvgIpc) is 2.54. The fourth-order valence-electron chi connectivity index (χ4n) is 2.66. The van der Waals surface area contributed by atoms with Gasteiger partial charge in [-0.15, -0.1) is 0 Å². The van der Waals surface area contributed by atoms with Gasteiger partial charge in [-0.05, 0) is 50.5 Å². The molecule has 2 rings (SSSR count). The number of carbonyl (C=O) groups is 1. The first-order chi connectivity index (χ1) is 11.5. The van der Waals surface area contributed by atoms with Crippen LogP contribution in [0.3, 0.4) is 0 Å². The second-order valence-corrected chi connectivity index (χ2v) is 6.10. The first-order valence-corrected chi connectivity index (χ1v) is 8.19. The lowest BCUT2D eigenvalue weighted by Gasteiger charge is -2.15. The van der Waals surface area contributed by atoms with Crippen LogP contribution >= 0.6 is 0 Å². The minimum Gasteiger partial charge on any atom is -0.481 e. The summed E-state index contributed by atoms with van der Waals surface area (Å²) in [6, 6.07) is 13.5. The van der Waals surface area contributed by atoms with E-state index in [1.807, 2.05) is 0 Å². The second kappa shape index (κ2) is 8.50. The molecule has 4 nitrogen and oxygen atoms in total. The van der Waals surface area contributed by atoms with Gasteiger partial charge in [-0.25, -0.2) is 0 Å². The highest BCUT2D eigenvalue weighted by Crippen LogP contribution is 2.15. The third-order valence-electron chi connectivity index (χ3n) is 3.76. The molecular weight excluding hydrogens is 302 g/mol. The maximum absolute atomic E-state index is 12.1. The van der Waals surface area contributed by atoms with E-state index in [4.69, 9.17) is 9.84 Å². The molecule has 0 bridgehead atoms. The van der Waals surface area contributed by atoms with Gasteiger partial charge >= 0.3 is 0 Å². The summed E-state index contributed by atoms with van der Waals surface area (Å²) in [4.78, 5) is 12.1. The van der Waals surface area contributed by atoms with Gasteiger partial charge in [0.1, 0.15) is 5.75 Å². The van der Waals surface area contributed by atoms with E-state index in [1.54, 1.807) is 31.2 Å². The monoisotopic (exact) mass is 327 g/mol. The molecule has 4 heteroatoms. The molecule has 0 aliphatic carbocycles. The molecule has 24 heavy (non-hydrogen) atoms. The Kier molecular flexibility index (Phi) is 6.38. The van der Waals surface area contributed by atoms with Gasteiger partial charge in [-0.2, -0.15) is 0 Å². The van der Waals surface area contributed by atoms with Crippen molar-refractivity contribution in [2.24, 2.45) is 0 Å². The molecule has 0 aliphatic heterocycles. The molecule has 0 saturated heterocycles. The van der Waals surface area contributed by atoms with E-state index in [0.717, 1.165) is 12.0 Å². The van der Waals surface area contributed by atoms with Crippen LogP contribution in [-0.2, 0) is 17.8 Å². The van der Waals surface area contributed by atoms with Crippen molar-refractivity contribution >= 4 is 5.91 Å². The summed E-state index contributed by atoms with van der Waals surface area (Å²) in [5, 5.41) is 12.0. The smallest absolute Gasteiger partial charge is 0.260 e. The molecule has 0 aliphatic rings. The Bertz CT molecular complexity index is 677. The number of nitrogens with one attached hydrogen (secondary N) is 1. The number of ether oxygens (including phenoxy) is 1. The molecule has 1 atom stereocenters. The normalized spacial score (nSPS) is 11.8. The Hall–Kier alpha value is -2.33. The number of carbonyl (C=O) groups excluding carboxylic acids is 1. The van der Waals surface area contributed by atoms with E-state index in [1.165, 1.54) is 16.7 Å². The lowest BCUT2D eigenvalue weighted by Crippen LogP contribution is -2.37. The molecule has 2 aromatic rings. The standard InChI is InChI=1S/C20H25NO3/c1-14-9-15(2)11-17(10-14)7-8-21-20(23)16(3)24-19-6-4-5-18(12-19)13-22/h4-6,9-12,16,22H,7-8,13H2,1-3H3,(H,21,23). The van der Waals surface area contributed by atoms with Gasteiger partial charge in [0.05, 0.1) is 6.61 Å². The predicted molar refractivity (Wildman–Crippen MR) is 95.1 cm³/mol. The summed E-state index contributed by atoms with van der Waals surface area (Å²) in [7, 11) is 0. The maximum atomic E-state index is 12.1. The van der Waals surface area contributed by atoms with Crippen molar-refractivity contribution in [1.29, 1.82) is 0 Å². The molecule has 128 valence electrons. The van der Waals surface area contributed by atoms with E-state index in [0.29, 0.717) is 12.3 Å². The third kappa shape index (κ3) is 5.39. The quantitative estimate of drug-likeness (QED) is 0.822. The zero-order valence-corrected chi connectivity index (χ0v) is 14.5. The largest absolute Gasteiger partial charge is 0.481 e. The van der Waals surface area contributed by atoms with Crippen molar-refractivity contribution in [1.82, 2.24) is 5.32 Å². The second-order valence-electron chi connectivity index (χ2n) is 6.10. The highest BCUT2D eigenvalue weighted by Gasteiger charge is 2.14. The summed E-state index contributed by atoms with van der Waals surface area (Å²) in [5.74, 6) is 0.437. The Balaban J connectivity index is 1.83. The molecule has 2 aromatic carbocycles. The van der Waals surface area contributed by atoms with E-state index in [9.17, 15) is 4.79 Å². The lowest BCUT2D eigenvalue weighted by atomic mass is 10.1. The van der Waals surface area contributed by atoms with E-state index >= 15 is 0 Å². The van der Waals surface area contributed by atoms with Crippen LogP contribution in [0.2, 0.25) is 0 Å². The summed E-state index contributed by atoms with van der Waals surface area (Å²) in [6.45, 7) is 6.40. The van der Waals surface area contributed by atoms with Gasteiger partial charge in [0, 0.05) is 6.54 Å². The fourth-order valence-corrected chi connectivity index (χ4v) is 2.66. The van der Waals surface area contributed by atoms with Crippen molar-refractivity contribution in [2.45, 2.75) is 39.9 Å². The van der Waals surface area contributed by atoms with Gasteiger partial charge in [-0.1, -0.05) is 41.5 Å². The van der Waals surface area contributed by atoms with Crippen molar-refractivity contribution in [3.63, 3.8) is 0 Å². The topological polar surface area (TPSA) is 58.6 Å². The van der Waals surface area contributed by atoms with Crippen molar-refractivity contribution < 1.29 is 14.6 Å². The highest BCUT2D eigenvalue weighted by molar-refractivity contribution is 5.80. The number of aliphatic hydroxyl groups excluding tert-OH is 1. The van der Waals surface area contributed by atoms with E-state index < -0.39 is 6.10 Å². The number of benzene rings is 2. The van der Waals surface area contributed by atoms with Crippen molar-refractivity contribution in [3.8, 4) is 5.75 Å². The number of amides is 1. The minimum atomic E-state index is -0.585.